The van der Waals surface area contributed by atoms with Gasteiger partial charge in [0.1, 0.15) is 5.60 Å². The molecule has 196 valence electrons. The second kappa shape index (κ2) is 11.4. The van der Waals surface area contributed by atoms with Crippen molar-refractivity contribution in [2.24, 2.45) is 0 Å². The van der Waals surface area contributed by atoms with Gasteiger partial charge in [-0.25, -0.2) is 14.4 Å². The van der Waals surface area contributed by atoms with Gasteiger partial charge in [0.05, 0.1) is 18.7 Å². The van der Waals surface area contributed by atoms with Crippen molar-refractivity contribution in [2.75, 3.05) is 13.2 Å². The maximum Gasteiger partial charge on any atom is 0.409 e. The number of fused-ring (bicyclic) bond motifs is 1. The molecule has 0 saturated heterocycles. The summed E-state index contributed by atoms with van der Waals surface area (Å²) in [6.07, 6.45) is -1.20. The Morgan fingerprint density at radius 2 is 1.43 bits per heavy atom. The molecule has 1 amide bonds. The average molecular weight is 507 g/mol. The first kappa shape index (κ1) is 27.6. The lowest BCUT2D eigenvalue weighted by Gasteiger charge is -2.32. The van der Waals surface area contributed by atoms with Gasteiger partial charge in [0.15, 0.2) is 0 Å². The van der Waals surface area contributed by atoms with Crippen LogP contribution in [0, 0.1) is 6.92 Å². The van der Waals surface area contributed by atoms with Crippen LogP contribution in [-0.4, -0.2) is 47.4 Å². The van der Waals surface area contributed by atoms with E-state index in [1.165, 1.54) is 0 Å². The van der Waals surface area contributed by atoms with Crippen molar-refractivity contribution < 1.29 is 28.6 Å². The van der Waals surface area contributed by atoms with E-state index in [0.29, 0.717) is 11.3 Å². The summed E-state index contributed by atoms with van der Waals surface area (Å²) in [5, 5.41) is 3.36. The van der Waals surface area contributed by atoms with Gasteiger partial charge in [0.25, 0.3) is 0 Å². The number of nitrogens with one attached hydrogen (secondary N) is 1. The lowest BCUT2D eigenvalue weighted by Crippen LogP contribution is -2.63. The van der Waals surface area contributed by atoms with Crippen molar-refractivity contribution in [1.82, 2.24) is 10.3 Å². The Morgan fingerprint density at radius 3 is 2.00 bits per heavy atom. The van der Waals surface area contributed by atoms with Crippen LogP contribution in [0.15, 0.2) is 54.6 Å². The minimum Gasteiger partial charge on any atom is -0.464 e. The van der Waals surface area contributed by atoms with E-state index < -0.39 is 29.2 Å². The Morgan fingerprint density at radius 1 is 0.865 bits per heavy atom. The number of carbonyl (C=O) groups excluding carboxylic acids is 3. The van der Waals surface area contributed by atoms with Crippen molar-refractivity contribution in [3.05, 3.63) is 65.9 Å². The van der Waals surface area contributed by atoms with Crippen molar-refractivity contribution >= 4 is 28.9 Å². The Bertz CT molecular complexity index is 1260. The molecule has 8 nitrogen and oxygen atoms in total. The van der Waals surface area contributed by atoms with Crippen LogP contribution in [0.2, 0.25) is 0 Å². The molecule has 1 N–H and O–H groups in total. The van der Waals surface area contributed by atoms with Crippen LogP contribution >= 0.6 is 0 Å². The van der Waals surface area contributed by atoms with Gasteiger partial charge in [-0.2, -0.15) is 0 Å². The fourth-order valence-corrected chi connectivity index (χ4v) is 4.15. The molecule has 0 atom stereocenters. The standard InChI is InChI=1S/C29H34N2O6/c1-7-35-25(32)29(26(33)36-8-2,31-27(34)37-28(4,5)6)18-22-19(3)30-23-17-13-12-16-21(23)24(22)20-14-10-9-11-15-20/h9-17H,7-8,18H2,1-6H3,(H,31,34). The summed E-state index contributed by atoms with van der Waals surface area (Å²) in [4.78, 5) is 44.7. The van der Waals surface area contributed by atoms with E-state index >= 15 is 0 Å². The second-order valence-electron chi connectivity index (χ2n) is 9.58. The van der Waals surface area contributed by atoms with Gasteiger partial charge >= 0.3 is 18.0 Å². The molecule has 37 heavy (non-hydrogen) atoms. The number of alkyl carbamates (subject to hydrolysis) is 1. The molecular weight excluding hydrogens is 472 g/mol. The molecule has 0 unspecified atom stereocenters. The van der Waals surface area contributed by atoms with Crippen LogP contribution in [0.3, 0.4) is 0 Å². The van der Waals surface area contributed by atoms with E-state index in [2.05, 4.69) is 5.32 Å². The molecule has 3 aromatic rings. The summed E-state index contributed by atoms with van der Waals surface area (Å²) in [5.41, 5.74) is 0.566. The molecule has 0 aliphatic rings. The van der Waals surface area contributed by atoms with Crippen LogP contribution in [0.1, 0.15) is 45.9 Å². The van der Waals surface area contributed by atoms with Crippen molar-refractivity contribution in [3.8, 4) is 11.1 Å². The molecule has 0 radical (unpaired) electrons. The fraction of sp³-hybridized carbons (Fsp3) is 0.379. The molecule has 0 fully saturated rings. The van der Waals surface area contributed by atoms with Crippen LogP contribution in [0.5, 0.6) is 0 Å². The highest BCUT2D eigenvalue weighted by Gasteiger charge is 2.52. The number of pyridine rings is 1. The third-order valence-corrected chi connectivity index (χ3v) is 5.67. The zero-order valence-electron chi connectivity index (χ0n) is 22.2. The molecule has 0 aliphatic carbocycles. The van der Waals surface area contributed by atoms with Crippen molar-refractivity contribution in [1.29, 1.82) is 0 Å². The molecule has 2 aromatic carbocycles. The maximum atomic E-state index is 13.5. The van der Waals surface area contributed by atoms with Gasteiger partial charge in [-0.15, -0.1) is 0 Å². The zero-order valence-corrected chi connectivity index (χ0v) is 22.2. The molecule has 0 saturated carbocycles. The van der Waals surface area contributed by atoms with Gasteiger partial charge in [0, 0.05) is 17.5 Å². The number of aromatic nitrogens is 1. The van der Waals surface area contributed by atoms with Crippen LogP contribution < -0.4 is 5.32 Å². The number of nitrogens with zero attached hydrogens (tertiary/aromatic N) is 1. The summed E-state index contributed by atoms with van der Waals surface area (Å²) < 4.78 is 16.1. The number of hydrogen-bond acceptors (Lipinski definition) is 7. The molecule has 1 aromatic heterocycles. The third-order valence-electron chi connectivity index (χ3n) is 5.67. The summed E-state index contributed by atoms with van der Waals surface area (Å²) >= 11 is 0. The molecule has 0 spiro atoms. The molecule has 0 aliphatic heterocycles. The Kier molecular flexibility index (Phi) is 8.53. The quantitative estimate of drug-likeness (QED) is 0.256. The number of aryl methyl sites for hydroxylation is 1. The first-order valence-corrected chi connectivity index (χ1v) is 12.3. The highest BCUT2D eigenvalue weighted by Crippen LogP contribution is 2.35. The topological polar surface area (TPSA) is 104 Å². The SMILES string of the molecule is CCOC(=O)C(Cc1c(C)nc2ccccc2c1-c1ccccc1)(NC(=O)OC(C)(C)C)C(=O)OCC. The van der Waals surface area contributed by atoms with E-state index in [4.69, 9.17) is 19.2 Å². The average Bonchev–Trinajstić information content (AvgIpc) is 2.83. The Labute approximate surface area is 217 Å². The number of rotatable bonds is 8. The Hall–Kier alpha value is -3.94. The largest absolute Gasteiger partial charge is 0.464 e. The first-order chi connectivity index (χ1) is 17.5. The van der Waals surface area contributed by atoms with Crippen LogP contribution in [0.25, 0.3) is 22.0 Å². The minimum atomic E-state index is -2.20. The van der Waals surface area contributed by atoms with Crippen molar-refractivity contribution in [2.45, 2.75) is 59.1 Å². The lowest BCUT2D eigenvalue weighted by molar-refractivity contribution is -0.166. The van der Waals surface area contributed by atoms with Gasteiger partial charge < -0.3 is 14.2 Å². The number of ether oxygens (including phenoxy) is 3. The summed E-state index contributed by atoms with van der Waals surface area (Å²) in [6, 6.07) is 17.3. The number of para-hydroxylation sites is 1. The normalized spacial score (nSPS) is 11.6. The minimum absolute atomic E-state index is 0.00349. The summed E-state index contributed by atoms with van der Waals surface area (Å²) in [5.74, 6) is -1.88. The van der Waals surface area contributed by atoms with Gasteiger partial charge in [-0.1, -0.05) is 48.5 Å². The van der Waals surface area contributed by atoms with Crippen LogP contribution in [0.4, 0.5) is 4.79 Å². The number of esters is 2. The van der Waals surface area contributed by atoms with Crippen molar-refractivity contribution in [3.63, 3.8) is 0 Å². The number of benzene rings is 2. The summed E-state index contributed by atoms with van der Waals surface area (Å²) in [6.45, 7) is 10.1. The number of amides is 1. The zero-order chi connectivity index (χ0) is 27.2. The molecule has 3 rings (SSSR count). The van der Waals surface area contributed by atoms with Gasteiger partial charge in [-0.3, -0.25) is 10.3 Å². The fourth-order valence-electron chi connectivity index (χ4n) is 4.15. The third kappa shape index (κ3) is 6.25. The van der Waals surface area contributed by atoms with E-state index in [1.54, 1.807) is 34.6 Å². The first-order valence-electron chi connectivity index (χ1n) is 12.3. The smallest absolute Gasteiger partial charge is 0.409 e. The predicted molar refractivity (Wildman–Crippen MR) is 141 cm³/mol. The molecule has 8 heteroatoms. The monoisotopic (exact) mass is 506 g/mol. The highest BCUT2D eigenvalue weighted by molar-refractivity contribution is 6.08. The maximum absolute atomic E-state index is 13.5. The molecular formula is C29H34N2O6. The van der Waals surface area contributed by atoms with Gasteiger partial charge in [-0.05, 0) is 64.3 Å². The van der Waals surface area contributed by atoms with Gasteiger partial charge in [0.2, 0.25) is 5.54 Å². The van der Waals surface area contributed by atoms with E-state index in [9.17, 15) is 14.4 Å². The van der Waals surface area contributed by atoms with E-state index in [1.807, 2.05) is 61.5 Å². The highest BCUT2D eigenvalue weighted by atomic mass is 16.6. The Balaban J connectivity index is 2.29. The molecule has 1 heterocycles. The van der Waals surface area contributed by atoms with Crippen LogP contribution in [-0.2, 0) is 30.2 Å². The number of hydrogen-bond donors (Lipinski definition) is 1. The summed E-state index contributed by atoms with van der Waals surface area (Å²) in [7, 11) is 0. The number of carbonyl (C=O) groups is 3. The second-order valence-corrected chi connectivity index (χ2v) is 9.58. The van der Waals surface area contributed by atoms with E-state index in [-0.39, 0.29) is 19.6 Å². The lowest BCUT2D eigenvalue weighted by atomic mass is 9.84. The molecule has 0 bridgehead atoms. The predicted octanol–water partition coefficient (Wildman–Crippen LogP) is 5.14. The van der Waals surface area contributed by atoms with E-state index in [0.717, 1.165) is 22.0 Å².